The fourth-order valence-electron chi connectivity index (χ4n) is 3.23. The minimum Gasteiger partial charge on any atom is -0.497 e. The average Bonchev–Trinajstić information content (AvgIpc) is 3.39. The first kappa shape index (κ1) is 19.8. The second kappa shape index (κ2) is 8.87. The molecule has 4 aromatic rings. The van der Waals surface area contributed by atoms with E-state index in [4.69, 9.17) is 4.74 Å². The van der Waals surface area contributed by atoms with E-state index in [1.54, 1.807) is 7.11 Å². The van der Waals surface area contributed by atoms with Crippen LogP contribution in [-0.4, -0.2) is 43.5 Å². The number of rotatable bonds is 8. The number of H-pyrrole nitrogens is 1. The van der Waals surface area contributed by atoms with E-state index in [0.29, 0.717) is 18.0 Å². The molecule has 0 saturated carbocycles. The first-order valence-corrected chi connectivity index (χ1v) is 10.3. The molecule has 2 N–H and O–H groups in total. The van der Waals surface area contributed by atoms with Gasteiger partial charge in [-0.25, -0.2) is 0 Å². The second-order valence-electron chi connectivity index (χ2n) is 6.52. The fourth-order valence-corrected chi connectivity index (χ4v) is 4.14. The van der Waals surface area contributed by atoms with E-state index in [2.05, 4.69) is 33.0 Å². The molecule has 30 heavy (non-hydrogen) atoms. The van der Waals surface area contributed by atoms with Crippen LogP contribution in [0.1, 0.15) is 5.56 Å². The molecule has 0 fully saturated rings. The number of aromatic nitrogens is 4. The summed E-state index contributed by atoms with van der Waals surface area (Å²) >= 11 is 1.46. The summed E-state index contributed by atoms with van der Waals surface area (Å²) < 4.78 is 7.19. The molecule has 0 bridgehead atoms. The van der Waals surface area contributed by atoms with Gasteiger partial charge >= 0.3 is 0 Å². The van der Waals surface area contributed by atoms with E-state index >= 15 is 0 Å². The van der Waals surface area contributed by atoms with Gasteiger partial charge in [-0.3, -0.25) is 4.57 Å². The van der Waals surface area contributed by atoms with Crippen molar-refractivity contribution in [3.05, 3.63) is 72.9 Å². The van der Waals surface area contributed by atoms with Crippen molar-refractivity contribution in [2.45, 2.75) is 11.7 Å². The third-order valence-electron chi connectivity index (χ3n) is 4.74. The van der Waals surface area contributed by atoms with Crippen LogP contribution in [0.25, 0.3) is 22.3 Å². The lowest BCUT2D eigenvalue weighted by Crippen LogP contribution is -2.07. The summed E-state index contributed by atoms with van der Waals surface area (Å²) in [5.74, 6) is 1.95. The molecule has 0 radical (unpaired) electrons. The number of nitrogens with zero attached hydrogens (tertiary/aromatic N) is 4. The van der Waals surface area contributed by atoms with Crippen LogP contribution in [0, 0.1) is 0 Å². The van der Waals surface area contributed by atoms with E-state index < -0.39 is 0 Å². The molecule has 8 heteroatoms. The van der Waals surface area contributed by atoms with Gasteiger partial charge in [0.1, 0.15) is 5.75 Å². The van der Waals surface area contributed by atoms with Crippen molar-refractivity contribution < 1.29 is 9.94 Å². The Balaban J connectivity index is 1.60. The molecule has 2 aromatic carbocycles. The Kier molecular flexibility index (Phi) is 5.85. The zero-order chi connectivity index (χ0) is 20.9. The molecular weight excluding hydrogens is 398 g/mol. The molecule has 4 rings (SSSR count). The van der Waals surface area contributed by atoms with E-state index in [0.717, 1.165) is 38.8 Å². The molecule has 0 amide bonds. The highest BCUT2D eigenvalue weighted by Gasteiger charge is 2.17. The smallest absolute Gasteiger partial charge is 0.192 e. The molecule has 0 aliphatic rings. The first-order chi connectivity index (χ1) is 14.7. The van der Waals surface area contributed by atoms with Crippen molar-refractivity contribution in [1.29, 1.82) is 0 Å². The lowest BCUT2D eigenvalue weighted by Gasteiger charge is -2.08. The van der Waals surface area contributed by atoms with Crippen molar-refractivity contribution >= 4 is 28.4 Å². The van der Waals surface area contributed by atoms with Crippen LogP contribution in [0.4, 0.5) is 0 Å². The largest absolute Gasteiger partial charge is 0.497 e. The first-order valence-electron chi connectivity index (χ1n) is 9.34. The van der Waals surface area contributed by atoms with Gasteiger partial charge < -0.3 is 14.9 Å². The molecule has 152 valence electrons. The third-order valence-corrected chi connectivity index (χ3v) is 5.72. The number of hydrogen-bond donors (Lipinski definition) is 2. The Morgan fingerprint density at radius 2 is 2.03 bits per heavy atom. The van der Waals surface area contributed by atoms with Crippen LogP contribution < -0.4 is 4.74 Å². The number of fused-ring (bicyclic) bond motifs is 1. The number of nitrogens with one attached hydrogen (secondary N) is 1. The Morgan fingerprint density at radius 3 is 2.77 bits per heavy atom. The van der Waals surface area contributed by atoms with E-state index in [-0.39, 0.29) is 0 Å². The number of thioether (sulfide) groups is 1. The van der Waals surface area contributed by atoms with Gasteiger partial charge in [0.25, 0.3) is 0 Å². The monoisotopic (exact) mass is 419 g/mol. The lowest BCUT2D eigenvalue weighted by atomic mass is 10.1. The molecule has 0 saturated heterocycles. The maximum absolute atomic E-state index is 9.51. The number of hydrogen-bond acceptors (Lipinski definition) is 6. The normalized spacial score (nSPS) is 11.7. The number of allylic oxidation sites excluding steroid dienone is 1. The quantitative estimate of drug-likeness (QED) is 0.143. The zero-order valence-electron chi connectivity index (χ0n) is 16.4. The summed E-state index contributed by atoms with van der Waals surface area (Å²) in [5.41, 5.74) is 3.39. The molecule has 2 aromatic heterocycles. The Labute approximate surface area is 178 Å². The topological polar surface area (TPSA) is 88.3 Å². The SMILES string of the molecule is C=CCn1c(SC/C(=N\O)c2ccc(OC)cc2)nnc1-c1c[nH]c2ccccc12. The molecule has 0 unspecified atom stereocenters. The number of ether oxygens (including phenoxy) is 1. The van der Waals surface area contributed by atoms with E-state index in [1.807, 2.05) is 59.3 Å². The van der Waals surface area contributed by atoms with Gasteiger partial charge in [-0.2, -0.15) is 0 Å². The highest BCUT2D eigenvalue weighted by atomic mass is 32.2. The summed E-state index contributed by atoms with van der Waals surface area (Å²) in [4.78, 5) is 3.28. The van der Waals surface area contributed by atoms with Crippen molar-refractivity contribution in [1.82, 2.24) is 19.7 Å². The summed E-state index contributed by atoms with van der Waals surface area (Å²) in [7, 11) is 1.61. The maximum Gasteiger partial charge on any atom is 0.192 e. The van der Waals surface area contributed by atoms with Gasteiger partial charge in [0, 0.05) is 40.5 Å². The maximum atomic E-state index is 9.51. The fraction of sp³-hybridized carbons (Fsp3) is 0.136. The third kappa shape index (κ3) is 3.81. The molecule has 2 heterocycles. The van der Waals surface area contributed by atoms with Crippen LogP contribution in [0.5, 0.6) is 5.75 Å². The molecule has 0 aliphatic heterocycles. The van der Waals surface area contributed by atoms with E-state index in [9.17, 15) is 5.21 Å². The van der Waals surface area contributed by atoms with Crippen molar-refractivity contribution in [3.63, 3.8) is 0 Å². The van der Waals surface area contributed by atoms with Crippen LogP contribution >= 0.6 is 11.8 Å². The van der Waals surface area contributed by atoms with Gasteiger partial charge in [-0.15, -0.1) is 16.8 Å². The predicted molar refractivity (Wildman–Crippen MR) is 120 cm³/mol. The van der Waals surface area contributed by atoms with Crippen molar-refractivity contribution in [3.8, 4) is 17.1 Å². The number of oxime groups is 1. The number of methoxy groups -OCH3 is 1. The summed E-state index contributed by atoms with van der Waals surface area (Å²) in [5, 5.41) is 23.6. The highest BCUT2D eigenvalue weighted by molar-refractivity contribution is 7.99. The highest BCUT2D eigenvalue weighted by Crippen LogP contribution is 2.30. The lowest BCUT2D eigenvalue weighted by molar-refractivity contribution is 0.319. The summed E-state index contributed by atoms with van der Waals surface area (Å²) in [6, 6.07) is 15.5. The van der Waals surface area contributed by atoms with Crippen LogP contribution in [0.15, 0.2) is 77.7 Å². The molecule has 7 nitrogen and oxygen atoms in total. The number of para-hydroxylation sites is 1. The number of aromatic amines is 1. The Bertz CT molecular complexity index is 1190. The summed E-state index contributed by atoms with van der Waals surface area (Å²) in [6.45, 7) is 4.44. The van der Waals surface area contributed by atoms with E-state index in [1.165, 1.54) is 11.8 Å². The van der Waals surface area contributed by atoms with Gasteiger partial charge in [0.15, 0.2) is 11.0 Å². The molecule has 0 spiro atoms. The van der Waals surface area contributed by atoms with Crippen molar-refractivity contribution in [2.75, 3.05) is 12.9 Å². The summed E-state index contributed by atoms with van der Waals surface area (Å²) in [6.07, 6.45) is 3.76. The van der Waals surface area contributed by atoms with Crippen LogP contribution in [0.2, 0.25) is 0 Å². The minimum absolute atomic E-state index is 0.436. The van der Waals surface area contributed by atoms with Crippen molar-refractivity contribution in [2.24, 2.45) is 5.16 Å². The van der Waals surface area contributed by atoms with Gasteiger partial charge in [-0.1, -0.05) is 41.2 Å². The average molecular weight is 420 g/mol. The van der Waals surface area contributed by atoms with Crippen LogP contribution in [0.3, 0.4) is 0 Å². The Morgan fingerprint density at radius 1 is 1.23 bits per heavy atom. The van der Waals surface area contributed by atoms with Gasteiger partial charge in [0.2, 0.25) is 0 Å². The predicted octanol–water partition coefficient (Wildman–Crippen LogP) is 4.59. The standard InChI is InChI=1S/C22H21N5O2S/c1-3-12-27-21(18-13-23-19-7-5-4-6-17(18)19)24-25-22(27)30-14-20(26-28)15-8-10-16(29-2)11-9-15/h3-11,13,23,28H,1,12,14H2,2H3/b26-20+. The molecule has 0 aliphatic carbocycles. The van der Waals surface area contributed by atoms with Gasteiger partial charge in [-0.05, 0) is 30.3 Å². The van der Waals surface area contributed by atoms with Gasteiger partial charge in [0.05, 0.1) is 12.8 Å². The second-order valence-corrected chi connectivity index (χ2v) is 7.46. The van der Waals surface area contributed by atoms with Crippen LogP contribution in [-0.2, 0) is 6.54 Å². The Hall–Kier alpha value is -3.52. The zero-order valence-corrected chi connectivity index (χ0v) is 17.3. The minimum atomic E-state index is 0.436. The molecular formula is C22H21N5O2S. The number of benzene rings is 2. The molecule has 0 atom stereocenters.